The summed E-state index contributed by atoms with van der Waals surface area (Å²) in [4.78, 5) is 0. The van der Waals surface area contributed by atoms with E-state index in [1.54, 1.807) is 12.1 Å². The molecule has 1 aromatic heterocycles. The first-order valence-electron chi connectivity index (χ1n) is 4.27. The molecule has 0 aliphatic heterocycles. The molecule has 0 aliphatic carbocycles. The molecule has 0 saturated heterocycles. The Morgan fingerprint density at radius 3 is 2.86 bits per heavy atom. The summed E-state index contributed by atoms with van der Waals surface area (Å²) in [7, 11) is 1.51. The van der Waals surface area contributed by atoms with Gasteiger partial charge >= 0.3 is 0 Å². The molecule has 0 saturated carbocycles. The van der Waals surface area contributed by atoms with Crippen LogP contribution in [0.3, 0.4) is 0 Å². The Bertz CT molecular complexity index is 316. The van der Waals surface area contributed by atoms with Gasteiger partial charge in [-0.05, 0) is 12.5 Å². The summed E-state index contributed by atoms with van der Waals surface area (Å²) >= 11 is 0. The number of hydrogen-bond acceptors (Lipinski definition) is 4. The molecule has 1 unspecified atom stereocenters. The minimum atomic E-state index is -0.649. The Kier molecular flexibility index (Phi) is 3.89. The largest absolute Gasteiger partial charge is 0.480 e. The molecule has 0 aliphatic rings. The first-order chi connectivity index (χ1) is 6.77. The number of aromatic nitrogens is 2. The third-order valence-corrected chi connectivity index (χ3v) is 1.77. The molecule has 0 fully saturated rings. The van der Waals surface area contributed by atoms with E-state index in [1.165, 1.54) is 7.11 Å². The van der Waals surface area contributed by atoms with Gasteiger partial charge in [-0.25, -0.2) is 0 Å². The SMILES string of the molecule is C#CCCC(O)c1ccc(OC)nn1. The second-order valence-corrected chi connectivity index (χ2v) is 2.76. The summed E-state index contributed by atoms with van der Waals surface area (Å²) in [5.74, 6) is 2.89. The van der Waals surface area contributed by atoms with Crippen molar-refractivity contribution in [2.45, 2.75) is 18.9 Å². The number of methoxy groups -OCH3 is 1. The molecule has 0 amide bonds. The van der Waals surface area contributed by atoms with Crippen LogP contribution >= 0.6 is 0 Å². The molecule has 74 valence electrons. The standard InChI is InChI=1S/C10H12N2O2/c1-3-4-5-9(13)8-6-7-10(14-2)12-11-8/h1,6-7,9,13H,4-5H2,2H3. The third kappa shape index (κ3) is 2.71. The highest BCUT2D eigenvalue weighted by Gasteiger charge is 2.08. The van der Waals surface area contributed by atoms with Crippen LogP contribution in [-0.2, 0) is 0 Å². The highest BCUT2D eigenvalue weighted by atomic mass is 16.5. The summed E-state index contributed by atoms with van der Waals surface area (Å²) in [6, 6.07) is 3.33. The predicted octanol–water partition coefficient (Wildman–Crippen LogP) is 0.932. The normalized spacial score (nSPS) is 11.8. The second-order valence-electron chi connectivity index (χ2n) is 2.76. The van der Waals surface area contributed by atoms with Crippen molar-refractivity contribution < 1.29 is 9.84 Å². The van der Waals surface area contributed by atoms with Gasteiger partial charge < -0.3 is 9.84 Å². The van der Waals surface area contributed by atoms with Crippen LogP contribution in [0.5, 0.6) is 5.88 Å². The average molecular weight is 192 g/mol. The molecule has 0 spiro atoms. The molecule has 1 heterocycles. The molecule has 1 rings (SSSR count). The van der Waals surface area contributed by atoms with Crippen LogP contribution in [0.25, 0.3) is 0 Å². The lowest BCUT2D eigenvalue weighted by atomic mass is 10.1. The fourth-order valence-electron chi connectivity index (χ4n) is 0.985. The number of hydrogen-bond donors (Lipinski definition) is 1. The molecule has 0 bridgehead atoms. The van der Waals surface area contributed by atoms with Gasteiger partial charge in [-0.15, -0.1) is 22.5 Å². The Labute approximate surface area is 82.9 Å². The molecule has 1 aromatic rings. The Morgan fingerprint density at radius 2 is 2.36 bits per heavy atom. The van der Waals surface area contributed by atoms with Crippen molar-refractivity contribution in [1.82, 2.24) is 10.2 Å². The van der Waals surface area contributed by atoms with E-state index in [9.17, 15) is 5.11 Å². The highest BCUT2D eigenvalue weighted by Crippen LogP contribution is 2.16. The summed E-state index contributed by atoms with van der Waals surface area (Å²) in [5.41, 5.74) is 0.515. The molecular weight excluding hydrogens is 180 g/mol. The lowest BCUT2D eigenvalue weighted by Crippen LogP contribution is -2.02. The van der Waals surface area contributed by atoms with Crippen LogP contribution < -0.4 is 4.74 Å². The Hall–Kier alpha value is -1.60. The summed E-state index contributed by atoms with van der Waals surface area (Å²) < 4.78 is 4.84. The number of nitrogens with zero attached hydrogens (tertiary/aromatic N) is 2. The van der Waals surface area contributed by atoms with E-state index < -0.39 is 6.10 Å². The Morgan fingerprint density at radius 1 is 1.57 bits per heavy atom. The van der Waals surface area contributed by atoms with Crippen molar-refractivity contribution in [3.8, 4) is 18.2 Å². The van der Waals surface area contributed by atoms with E-state index in [-0.39, 0.29) is 0 Å². The van der Waals surface area contributed by atoms with Gasteiger partial charge in [0.2, 0.25) is 5.88 Å². The number of aliphatic hydroxyl groups excluding tert-OH is 1. The maximum atomic E-state index is 9.58. The van der Waals surface area contributed by atoms with Gasteiger partial charge in [0, 0.05) is 12.5 Å². The number of aliphatic hydroxyl groups is 1. The van der Waals surface area contributed by atoms with Gasteiger partial charge in [-0.3, -0.25) is 0 Å². The quantitative estimate of drug-likeness (QED) is 0.721. The lowest BCUT2D eigenvalue weighted by molar-refractivity contribution is 0.163. The van der Waals surface area contributed by atoms with Crippen molar-refractivity contribution in [2.24, 2.45) is 0 Å². The molecule has 0 radical (unpaired) electrons. The topological polar surface area (TPSA) is 55.2 Å². The third-order valence-electron chi connectivity index (χ3n) is 1.77. The average Bonchev–Trinajstić information content (AvgIpc) is 2.26. The molecule has 14 heavy (non-hydrogen) atoms. The fraction of sp³-hybridized carbons (Fsp3) is 0.400. The van der Waals surface area contributed by atoms with Gasteiger partial charge in [-0.1, -0.05) is 0 Å². The van der Waals surface area contributed by atoms with Gasteiger partial charge in [0.15, 0.2) is 0 Å². The highest BCUT2D eigenvalue weighted by molar-refractivity contribution is 5.13. The van der Waals surface area contributed by atoms with E-state index in [4.69, 9.17) is 11.2 Å². The van der Waals surface area contributed by atoms with Gasteiger partial charge in [0.25, 0.3) is 0 Å². The summed E-state index contributed by atoms with van der Waals surface area (Å²) in [6.07, 6.45) is 5.45. The number of ether oxygens (including phenoxy) is 1. The maximum absolute atomic E-state index is 9.58. The number of rotatable bonds is 4. The van der Waals surface area contributed by atoms with Crippen LogP contribution in [0.2, 0.25) is 0 Å². The first kappa shape index (κ1) is 10.5. The molecule has 1 N–H and O–H groups in total. The minimum absolute atomic E-state index is 0.429. The minimum Gasteiger partial charge on any atom is -0.480 e. The van der Waals surface area contributed by atoms with Crippen molar-refractivity contribution >= 4 is 0 Å². The van der Waals surface area contributed by atoms with E-state index in [2.05, 4.69) is 16.1 Å². The fourth-order valence-corrected chi connectivity index (χ4v) is 0.985. The van der Waals surface area contributed by atoms with Crippen molar-refractivity contribution in [3.05, 3.63) is 17.8 Å². The smallest absolute Gasteiger partial charge is 0.233 e. The van der Waals surface area contributed by atoms with E-state index in [1.807, 2.05) is 0 Å². The van der Waals surface area contributed by atoms with Gasteiger partial charge in [-0.2, -0.15) is 0 Å². The zero-order valence-electron chi connectivity index (χ0n) is 7.97. The molecule has 1 atom stereocenters. The molecule has 4 nitrogen and oxygen atoms in total. The first-order valence-corrected chi connectivity index (χ1v) is 4.27. The van der Waals surface area contributed by atoms with Gasteiger partial charge in [0.05, 0.1) is 18.9 Å². The van der Waals surface area contributed by atoms with Crippen LogP contribution in [0.4, 0.5) is 0 Å². The van der Waals surface area contributed by atoms with Gasteiger partial charge in [0.1, 0.15) is 0 Å². The van der Waals surface area contributed by atoms with Crippen LogP contribution in [0.15, 0.2) is 12.1 Å². The lowest BCUT2D eigenvalue weighted by Gasteiger charge is -2.07. The van der Waals surface area contributed by atoms with Crippen molar-refractivity contribution in [2.75, 3.05) is 7.11 Å². The zero-order chi connectivity index (χ0) is 10.4. The second kappa shape index (κ2) is 5.20. The van der Waals surface area contributed by atoms with Crippen molar-refractivity contribution in [1.29, 1.82) is 0 Å². The zero-order valence-corrected chi connectivity index (χ0v) is 7.97. The van der Waals surface area contributed by atoms with Crippen LogP contribution in [0.1, 0.15) is 24.6 Å². The van der Waals surface area contributed by atoms with E-state index in [0.717, 1.165) is 0 Å². The van der Waals surface area contributed by atoms with Crippen LogP contribution in [0, 0.1) is 12.3 Å². The van der Waals surface area contributed by atoms with E-state index >= 15 is 0 Å². The predicted molar refractivity (Wildman–Crippen MR) is 51.6 cm³/mol. The molecule has 4 heteroatoms. The monoisotopic (exact) mass is 192 g/mol. The molecular formula is C10H12N2O2. The van der Waals surface area contributed by atoms with Crippen LogP contribution in [-0.4, -0.2) is 22.4 Å². The molecule has 0 aromatic carbocycles. The summed E-state index contributed by atoms with van der Waals surface area (Å²) in [5, 5.41) is 17.1. The van der Waals surface area contributed by atoms with E-state index in [0.29, 0.717) is 24.4 Å². The number of terminal acetylenes is 1. The maximum Gasteiger partial charge on any atom is 0.233 e. The van der Waals surface area contributed by atoms with Crippen molar-refractivity contribution in [3.63, 3.8) is 0 Å². The Balaban J connectivity index is 2.62. The summed E-state index contributed by atoms with van der Waals surface area (Å²) in [6.45, 7) is 0.